The van der Waals surface area contributed by atoms with Gasteiger partial charge in [0.2, 0.25) is 0 Å². The van der Waals surface area contributed by atoms with E-state index in [1.165, 1.54) is 0 Å². The lowest BCUT2D eigenvalue weighted by molar-refractivity contribution is -0.131. The molecule has 38 heavy (non-hydrogen) atoms. The smallest absolute Gasteiger partial charge is 0.367 e. The van der Waals surface area contributed by atoms with Crippen molar-refractivity contribution in [2.24, 2.45) is 0 Å². The molecule has 2 aliphatic rings. The predicted molar refractivity (Wildman–Crippen MR) is 143 cm³/mol. The number of nitrogens with zero attached hydrogens (tertiary/aromatic N) is 4. The molecule has 1 saturated heterocycles. The lowest BCUT2D eigenvalue weighted by Crippen LogP contribution is -2.32. The molecule has 200 valence electrons. The number of amides is 1. The zero-order valence-corrected chi connectivity index (χ0v) is 21.9. The van der Waals surface area contributed by atoms with Crippen LogP contribution in [0.1, 0.15) is 40.9 Å². The minimum Gasteiger partial charge on any atom is -0.367 e. The van der Waals surface area contributed by atoms with E-state index in [2.05, 4.69) is 37.3 Å². The van der Waals surface area contributed by atoms with E-state index in [1.54, 1.807) is 22.9 Å². The van der Waals surface area contributed by atoms with E-state index in [4.69, 9.17) is 0 Å². The van der Waals surface area contributed by atoms with Gasteiger partial charge in [-0.25, -0.2) is 9.97 Å². The van der Waals surface area contributed by atoms with Gasteiger partial charge in [0.1, 0.15) is 5.69 Å². The number of carbonyl (C=O) groups excluding carboxylic acids is 1. The monoisotopic (exact) mass is 542 g/mol. The molecule has 2 aromatic heterocycles. The number of rotatable bonds is 7. The molecular weight excluding hydrogens is 513 g/mol. The topological polar surface area (TPSA) is 74.6 Å². The van der Waals surface area contributed by atoms with Gasteiger partial charge in [0.05, 0.1) is 24.9 Å². The number of nitrogens with one attached hydrogen (secondary N) is 2. The molecule has 0 atom stereocenters. The van der Waals surface area contributed by atoms with Crippen LogP contribution < -0.4 is 10.6 Å². The maximum absolute atomic E-state index is 12.8. The van der Waals surface area contributed by atoms with Crippen LogP contribution in [0.15, 0.2) is 30.6 Å². The summed E-state index contributed by atoms with van der Waals surface area (Å²) in [5.74, 6) is 8.58. The molecule has 1 aliphatic heterocycles. The summed E-state index contributed by atoms with van der Waals surface area (Å²) in [6, 6.07) is 5.84. The lowest BCUT2D eigenvalue weighted by atomic mass is 10.0. The van der Waals surface area contributed by atoms with E-state index in [0.717, 1.165) is 54.3 Å². The number of hydrogen-bond donors (Lipinski definition) is 2. The predicted octanol–water partition coefficient (Wildman–Crippen LogP) is 4.36. The Kier molecular flexibility index (Phi) is 7.81. The first-order valence-corrected chi connectivity index (χ1v) is 13.8. The molecule has 2 fully saturated rings. The minimum atomic E-state index is -4.28. The standard InChI is InChI=1S/C27H29F3N6OS/c1-18-15-19(4-7-22(18)26(37)34-20-5-6-20)23-16-32-25-24(31-9-8-27(28,29)30)33-21(17-36(23)25)3-2-10-35-11-13-38-14-12-35/h4,7,15-17,20H,5-6,8-14H2,1H3,(H,31,33)(H,34,37). The summed E-state index contributed by atoms with van der Waals surface area (Å²) >= 11 is 1.93. The van der Waals surface area contributed by atoms with Crippen LogP contribution in [0.3, 0.4) is 0 Å². The highest BCUT2D eigenvalue weighted by molar-refractivity contribution is 7.99. The number of thioether (sulfide) groups is 1. The highest BCUT2D eigenvalue weighted by Crippen LogP contribution is 2.27. The molecule has 7 nitrogen and oxygen atoms in total. The maximum Gasteiger partial charge on any atom is 0.390 e. The first-order valence-electron chi connectivity index (χ1n) is 12.7. The third kappa shape index (κ3) is 6.60. The molecule has 1 saturated carbocycles. The van der Waals surface area contributed by atoms with Crippen LogP contribution in [0.2, 0.25) is 0 Å². The van der Waals surface area contributed by atoms with Crippen LogP contribution >= 0.6 is 11.8 Å². The van der Waals surface area contributed by atoms with E-state index in [9.17, 15) is 18.0 Å². The number of fused-ring (bicyclic) bond motifs is 1. The van der Waals surface area contributed by atoms with E-state index in [1.807, 2.05) is 30.8 Å². The van der Waals surface area contributed by atoms with Gasteiger partial charge in [-0.2, -0.15) is 24.9 Å². The number of halogens is 3. The average Bonchev–Trinajstić information content (AvgIpc) is 3.59. The Bertz CT molecular complexity index is 1380. The molecule has 1 aromatic carbocycles. The van der Waals surface area contributed by atoms with Crippen LogP contribution in [0.25, 0.3) is 16.9 Å². The van der Waals surface area contributed by atoms with Crippen LogP contribution in [-0.2, 0) is 0 Å². The first kappa shape index (κ1) is 26.4. The Labute approximate surface area is 223 Å². The Morgan fingerprint density at radius 1 is 1.24 bits per heavy atom. The Morgan fingerprint density at radius 2 is 2.03 bits per heavy atom. The van der Waals surface area contributed by atoms with E-state index in [0.29, 0.717) is 23.4 Å². The van der Waals surface area contributed by atoms with Gasteiger partial charge in [0, 0.05) is 54.5 Å². The number of hydrogen-bond acceptors (Lipinski definition) is 6. The van der Waals surface area contributed by atoms with E-state index >= 15 is 0 Å². The van der Waals surface area contributed by atoms with Crippen molar-refractivity contribution in [3.8, 4) is 23.1 Å². The van der Waals surface area contributed by atoms with Crippen LogP contribution in [0.5, 0.6) is 0 Å². The Morgan fingerprint density at radius 3 is 2.74 bits per heavy atom. The number of aryl methyl sites for hydroxylation is 1. The number of anilines is 1. The van der Waals surface area contributed by atoms with Crippen LogP contribution in [0.4, 0.5) is 19.0 Å². The number of alkyl halides is 3. The second-order valence-electron chi connectivity index (χ2n) is 9.57. The van der Waals surface area contributed by atoms with Crippen molar-refractivity contribution in [3.05, 3.63) is 47.4 Å². The zero-order valence-electron chi connectivity index (χ0n) is 21.1. The maximum atomic E-state index is 12.8. The fourth-order valence-electron chi connectivity index (χ4n) is 4.27. The second kappa shape index (κ2) is 11.3. The van der Waals surface area contributed by atoms with E-state index in [-0.39, 0.29) is 24.3 Å². The first-order chi connectivity index (χ1) is 18.3. The third-order valence-corrected chi connectivity index (χ3v) is 7.44. The molecule has 0 spiro atoms. The Balaban J connectivity index is 1.45. The molecule has 3 heterocycles. The highest BCUT2D eigenvalue weighted by Gasteiger charge is 2.27. The van der Waals surface area contributed by atoms with Crippen molar-refractivity contribution >= 4 is 29.1 Å². The van der Waals surface area contributed by atoms with Crippen molar-refractivity contribution in [2.45, 2.75) is 38.4 Å². The summed E-state index contributed by atoms with van der Waals surface area (Å²) in [4.78, 5) is 23.8. The van der Waals surface area contributed by atoms with Gasteiger partial charge in [0.25, 0.3) is 5.91 Å². The third-order valence-electron chi connectivity index (χ3n) is 6.50. The molecule has 1 amide bonds. The zero-order chi connectivity index (χ0) is 26.7. The Hall–Kier alpha value is -3.23. The fraction of sp³-hybridized carbons (Fsp3) is 0.444. The molecule has 11 heteroatoms. The molecule has 3 aromatic rings. The van der Waals surface area contributed by atoms with Crippen LogP contribution in [-0.4, -0.2) is 75.1 Å². The van der Waals surface area contributed by atoms with Gasteiger partial charge >= 0.3 is 6.18 Å². The molecule has 2 N–H and O–H groups in total. The summed E-state index contributed by atoms with van der Waals surface area (Å²) < 4.78 is 40.1. The largest absolute Gasteiger partial charge is 0.390 e. The van der Waals surface area contributed by atoms with Crippen molar-refractivity contribution in [1.82, 2.24) is 24.6 Å². The summed E-state index contributed by atoms with van der Waals surface area (Å²) in [7, 11) is 0. The summed E-state index contributed by atoms with van der Waals surface area (Å²) in [6.07, 6.45) is 0.183. The van der Waals surface area contributed by atoms with Crippen molar-refractivity contribution < 1.29 is 18.0 Å². The van der Waals surface area contributed by atoms with Crippen molar-refractivity contribution in [1.29, 1.82) is 0 Å². The second-order valence-corrected chi connectivity index (χ2v) is 10.8. The van der Waals surface area contributed by atoms with Gasteiger partial charge in [-0.3, -0.25) is 14.1 Å². The van der Waals surface area contributed by atoms with Crippen molar-refractivity contribution in [3.63, 3.8) is 0 Å². The van der Waals surface area contributed by atoms with Gasteiger partial charge in [-0.15, -0.1) is 0 Å². The number of benzene rings is 1. The fourth-order valence-corrected chi connectivity index (χ4v) is 5.25. The molecule has 0 unspecified atom stereocenters. The summed E-state index contributed by atoms with van der Waals surface area (Å²) in [6.45, 7) is 4.14. The van der Waals surface area contributed by atoms with Crippen LogP contribution in [0, 0.1) is 18.8 Å². The molecule has 5 rings (SSSR count). The van der Waals surface area contributed by atoms with Gasteiger partial charge in [-0.05, 0) is 43.4 Å². The summed E-state index contributed by atoms with van der Waals surface area (Å²) in [5.41, 5.74) is 3.86. The molecule has 0 radical (unpaired) electrons. The van der Waals surface area contributed by atoms with Gasteiger partial charge in [0.15, 0.2) is 11.5 Å². The highest BCUT2D eigenvalue weighted by atomic mass is 32.2. The SMILES string of the molecule is Cc1cc(-c2cnc3c(NCCC(F)(F)F)nc(C#CCN4CCSCC4)cn23)ccc1C(=O)NC1CC1. The quantitative estimate of drug-likeness (QED) is 0.433. The molecule has 1 aliphatic carbocycles. The summed E-state index contributed by atoms with van der Waals surface area (Å²) in [5, 5.41) is 5.81. The lowest BCUT2D eigenvalue weighted by Gasteiger charge is -2.23. The number of imidazole rings is 1. The molecular formula is C27H29F3N6OS. The number of aromatic nitrogens is 3. The van der Waals surface area contributed by atoms with Gasteiger partial charge in [-0.1, -0.05) is 12.0 Å². The molecule has 0 bridgehead atoms. The van der Waals surface area contributed by atoms with Crippen molar-refractivity contribution in [2.75, 3.05) is 43.0 Å². The normalized spacial score (nSPS) is 16.2. The number of carbonyl (C=O) groups is 1. The van der Waals surface area contributed by atoms with Gasteiger partial charge < -0.3 is 10.6 Å². The average molecular weight is 543 g/mol. The minimum absolute atomic E-state index is 0.0834. The van der Waals surface area contributed by atoms with E-state index < -0.39 is 12.6 Å².